The van der Waals surface area contributed by atoms with E-state index in [-0.39, 0.29) is 0 Å². The van der Waals surface area contributed by atoms with Crippen LogP contribution in [0.3, 0.4) is 0 Å². The summed E-state index contributed by atoms with van der Waals surface area (Å²) in [5, 5.41) is 4.22. The van der Waals surface area contributed by atoms with Crippen LogP contribution in [-0.4, -0.2) is 39.6 Å². The third-order valence-electron chi connectivity index (χ3n) is 3.30. The van der Waals surface area contributed by atoms with Gasteiger partial charge in [-0.25, -0.2) is 0 Å². The number of hydrogen-bond acceptors (Lipinski definition) is 4. The van der Waals surface area contributed by atoms with Crippen molar-refractivity contribution < 1.29 is 14.2 Å². The van der Waals surface area contributed by atoms with Gasteiger partial charge in [-0.05, 0) is 37.5 Å². The van der Waals surface area contributed by atoms with Crippen LogP contribution in [0.2, 0.25) is 5.02 Å². The third-order valence-corrected chi connectivity index (χ3v) is 3.54. The minimum atomic E-state index is 0.547. The van der Waals surface area contributed by atoms with E-state index >= 15 is 0 Å². The molecule has 0 heterocycles. The molecular weight excluding hydrogens is 290 g/mol. The molecule has 21 heavy (non-hydrogen) atoms. The average molecular weight is 314 g/mol. The van der Waals surface area contributed by atoms with Gasteiger partial charge in [-0.3, -0.25) is 0 Å². The van der Waals surface area contributed by atoms with E-state index in [9.17, 15) is 0 Å². The first kappa shape index (κ1) is 16.6. The second-order valence-corrected chi connectivity index (χ2v) is 5.65. The monoisotopic (exact) mass is 313 g/mol. The zero-order valence-corrected chi connectivity index (χ0v) is 13.3. The Morgan fingerprint density at radius 3 is 2.81 bits per heavy atom. The minimum Gasteiger partial charge on any atom is -0.491 e. The summed E-state index contributed by atoms with van der Waals surface area (Å²) in [5.74, 6) is 0.882. The van der Waals surface area contributed by atoms with E-state index in [2.05, 4.69) is 5.32 Å². The molecule has 2 rings (SSSR count). The van der Waals surface area contributed by atoms with Crippen molar-refractivity contribution in [2.75, 3.05) is 33.5 Å². The van der Waals surface area contributed by atoms with Crippen molar-refractivity contribution in [3.05, 3.63) is 28.8 Å². The van der Waals surface area contributed by atoms with Gasteiger partial charge >= 0.3 is 0 Å². The largest absolute Gasteiger partial charge is 0.491 e. The number of methoxy groups -OCH3 is 1. The molecule has 0 aromatic heterocycles. The van der Waals surface area contributed by atoms with Gasteiger partial charge in [0.05, 0.1) is 6.61 Å². The highest BCUT2D eigenvalue weighted by Crippen LogP contribution is 2.25. The zero-order chi connectivity index (χ0) is 14.9. The van der Waals surface area contributed by atoms with Crippen LogP contribution < -0.4 is 10.1 Å². The lowest BCUT2D eigenvalue weighted by atomic mass is 10.2. The van der Waals surface area contributed by atoms with Crippen LogP contribution in [0.4, 0.5) is 0 Å². The standard InChI is InChI=1S/C16H24ClNO3/c1-19-7-2-8-20-9-10-21-16-6-3-14(17)11-13(16)12-18-15-4-5-15/h3,6,11,15,18H,2,4-5,7-10,12H2,1H3. The molecule has 0 spiro atoms. The quantitative estimate of drug-likeness (QED) is 0.637. The number of nitrogens with one attached hydrogen (secondary N) is 1. The maximum atomic E-state index is 6.06. The molecule has 1 fully saturated rings. The summed E-state index contributed by atoms with van der Waals surface area (Å²) in [6.45, 7) is 3.37. The van der Waals surface area contributed by atoms with Gasteiger partial charge in [-0.2, -0.15) is 0 Å². The Labute approximate surface area is 131 Å². The molecule has 1 aliphatic rings. The second-order valence-electron chi connectivity index (χ2n) is 5.21. The molecule has 0 atom stereocenters. The molecule has 1 aromatic rings. The van der Waals surface area contributed by atoms with Crippen LogP contribution in [0.1, 0.15) is 24.8 Å². The SMILES string of the molecule is COCCCOCCOc1ccc(Cl)cc1CNC1CC1. The van der Waals surface area contributed by atoms with E-state index in [0.29, 0.717) is 25.9 Å². The number of rotatable bonds is 11. The average Bonchev–Trinajstić information content (AvgIpc) is 3.30. The van der Waals surface area contributed by atoms with Crippen LogP contribution in [-0.2, 0) is 16.0 Å². The fourth-order valence-electron chi connectivity index (χ4n) is 1.99. The van der Waals surface area contributed by atoms with Gasteiger partial charge in [-0.15, -0.1) is 0 Å². The van der Waals surface area contributed by atoms with E-state index in [1.54, 1.807) is 7.11 Å². The normalized spacial score (nSPS) is 14.4. The zero-order valence-electron chi connectivity index (χ0n) is 12.6. The summed E-state index contributed by atoms with van der Waals surface area (Å²) >= 11 is 6.06. The molecule has 1 N–H and O–H groups in total. The molecule has 0 radical (unpaired) electrons. The van der Waals surface area contributed by atoms with Crippen molar-refractivity contribution >= 4 is 11.6 Å². The lowest BCUT2D eigenvalue weighted by Gasteiger charge is -2.13. The molecule has 1 aliphatic carbocycles. The molecule has 1 aromatic carbocycles. The van der Waals surface area contributed by atoms with Crippen LogP contribution in [0.5, 0.6) is 5.75 Å². The highest BCUT2D eigenvalue weighted by atomic mass is 35.5. The van der Waals surface area contributed by atoms with E-state index in [1.165, 1.54) is 12.8 Å². The smallest absolute Gasteiger partial charge is 0.124 e. The molecule has 1 saturated carbocycles. The van der Waals surface area contributed by atoms with Crippen molar-refractivity contribution in [3.63, 3.8) is 0 Å². The first-order valence-electron chi connectivity index (χ1n) is 7.51. The fourth-order valence-corrected chi connectivity index (χ4v) is 2.18. The summed E-state index contributed by atoms with van der Waals surface area (Å²) in [5.41, 5.74) is 1.11. The summed E-state index contributed by atoms with van der Waals surface area (Å²) in [7, 11) is 1.70. The molecule has 0 saturated heterocycles. The summed E-state index contributed by atoms with van der Waals surface area (Å²) < 4.78 is 16.2. The molecular formula is C16H24ClNO3. The van der Waals surface area contributed by atoms with Crippen LogP contribution >= 0.6 is 11.6 Å². The number of hydrogen-bond donors (Lipinski definition) is 1. The topological polar surface area (TPSA) is 39.7 Å². The number of benzene rings is 1. The van der Waals surface area contributed by atoms with Crippen molar-refractivity contribution in [2.45, 2.75) is 31.8 Å². The van der Waals surface area contributed by atoms with Crippen molar-refractivity contribution in [2.24, 2.45) is 0 Å². The molecule has 0 unspecified atom stereocenters. The maximum Gasteiger partial charge on any atom is 0.124 e. The van der Waals surface area contributed by atoms with Crippen LogP contribution in [0.15, 0.2) is 18.2 Å². The summed E-state index contributed by atoms with van der Waals surface area (Å²) in [6, 6.07) is 6.42. The molecule has 5 heteroatoms. The predicted molar refractivity (Wildman–Crippen MR) is 84.1 cm³/mol. The van der Waals surface area contributed by atoms with Gasteiger partial charge in [0.2, 0.25) is 0 Å². The Kier molecular flexibility index (Phi) is 7.30. The molecule has 0 aliphatic heterocycles. The van der Waals surface area contributed by atoms with Crippen LogP contribution in [0, 0.1) is 0 Å². The highest BCUT2D eigenvalue weighted by Gasteiger charge is 2.20. The van der Waals surface area contributed by atoms with Gasteiger partial charge in [0.1, 0.15) is 12.4 Å². The number of halogens is 1. The third kappa shape index (κ3) is 6.66. The highest BCUT2D eigenvalue weighted by molar-refractivity contribution is 6.30. The van der Waals surface area contributed by atoms with Gasteiger partial charge in [-0.1, -0.05) is 11.6 Å². The van der Waals surface area contributed by atoms with E-state index in [0.717, 1.165) is 35.9 Å². The maximum absolute atomic E-state index is 6.06. The van der Waals surface area contributed by atoms with Gasteiger partial charge < -0.3 is 19.5 Å². The summed E-state index contributed by atoms with van der Waals surface area (Å²) in [4.78, 5) is 0. The van der Waals surface area contributed by atoms with Crippen molar-refractivity contribution in [1.29, 1.82) is 0 Å². The Hall–Kier alpha value is -0.810. The molecule has 4 nitrogen and oxygen atoms in total. The Morgan fingerprint density at radius 2 is 2.05 bits per heavy atom. The molecule has 0 amide bonds. The van der Waals surface area contributed by atoms with Gasteiger partial charge in [0.25, 0.3) is 0 Å². The number of ether oxygens (including phenoxy) is 3. The van der Waals surface area contributed by atoms with E-state index in [4.69, 9.17) is 25.8 Å². The van der Waals surface area contributed by atoms with Gasteiger partial charge in [0.15, 0.2) is 0 Å². The van der Waals surface area contributed by atoms with Gasteiger partial charge in [0, 0.05) is 43.5 Å². The predicted octanol–water partition coefficient (Wildman–Crippen LogP) is 3.02. The van der Waals surface area contributed by atoms with Crippen molar-refractivity contribution in [3.8, 4) is 5.75 Å². The first-order valence-corrected chi connectivity index (χ1v) is 7.88. The van der Waals surface area contributed by atoms with Crippen LogP contribution in [0.25, 0.3) is 0 Å². The Balaban J connectivity index is 1.70. The Bertz CT molecular complexity index is 424. The second kappa shape index (κ2) is 9.26. The first-order chi connectivity index (χ1) is 10.3. The van der Waals surface area contributed by atoms with Crippen molar-refractivity contribution in [1.82, 2.24) is 5.32 Å². The minimum absolute atomic E-state index is 0.547. The fraction of sp³-hybridized carbons (Fsp3) is 0.625. The lowest BCUT2D eigenvalue weighted by Crippen LogP contribution is -2.16. The van der Waals surface area contributed by atoms with E-state index in [1.807, 2.05) is 18.2 Å². The Morgan fingerprint density at radius 1 is 1.19 bits per heavy atom. The molecule has 118 valence electrons. The lowest BCUT2D eigenvalue weighted by molar-refractivity contribution is 0.0804. The summed E-state index contributed by atoms with van der Waals surface area (Å²) in [6.07, 6.45) is 3.45. The van der Waals surface area contributed by atoms with E-state index < -0.39 is 0 Å². The molecule has 0 bridgehead atoms.